The van der Waals surface area contributed by atoms with E-state index < -0.39 is 0 Å². The molecule has 0 radical (unpaired) electrons. The molecule has 2 nitrogen and oxygen atoms in total. The van der Waals surface area contributed by atoms with Crippen LogP contribution in [0.15, 0.2) is 18.2 Å². The van der Waals surface area contributed by atoms with Gasteiger partial charge < -0.3 is 10.4 Å². The fourth-order valence-corrected chi connectivity index (χ4v) is 2.80. The van der Waals surface area contributed by atoms with Gasteiger partial charge in [0.05, 0.1) is 6.61 Å². The van der Waals surface area contributed by atoms with E-state index in [0.29, 0.717) is 12.0 Å². The third-order valence-electron chi connectivity index (χ3n) is 3.92. The molecule has 0 spiro atoms. The Labute approximate surface area is 108 Å². The molecule has 1 heterocycles. The zero-order valence-electron chi connectivity index (χ0n) is 11.0. The van der Waals surface area contributed by atoms with Crippen molar-refractivity contribution in [3.8, 4) is 0 Å². The minimum Gasteiger partial charge on any atom is -0.392 e. The summed E-state index contributed by atoms with van der Waals surface area (Å²) in [5.41, 5.74) is 1.80. The summed E-state index contributed by atoms with van der Waals surface area (Å²) in [4.78, 5) is 0. The van der Waals surface area contributed by atoms with Gasteiger partial charge in [-0.15, -0.1) is 0 Å². The summed E-state index contributed by atoms with van der Waals surface area (Å²) in [5.74, 6) is 0.0996. The van der Waals surface area contributed by atoms with E-state index >= 15 is 0 Å². The molecule has 1 aliphatic heterocycles. The highest BCUT2D eigenvalue weighted by molar-refractivity contribution is 5.30. The van der Waals surface area contributed by atoms with Crippen LogP contribution < -0.4 is 5.32 Å². The highest BCUT2D eigenvalue weighted by Crippen LogP contribution is 2.26. The summed E-state index contributed by atoms with van der Waals surface area (Å²) in [6.07, 6.45) is 4.78. The van der Waals surface area contributed by atoms with Crippen molar-refractivity contribution in [3.63, 3.8) is 0 Å². The first-order valence-corrected chi connectivity index (χ1v) is 6.83. The molecule has 0 saturated carbocycles. The Balaban J connectivity index is 1.96. The monoisotopic (exact) mass is 251 g/mol. The molecule has 2 atom stereocenters. The molecular formula is C15H22FNO. The first-order valence-electron chi connectivity index (χ1n) is 6.83. The van der Waals surface area contributed by atoms with Gasteiger partial charge in [0.15, 0.2) is 0 Å². The van der Waals surface area contributed by atoms with Gasteiger partial charge in [-0.05, 0) is 61.4 Å². The number of benzene rings is 1. The SMILES string of the molecule is C[C@H](CC[C@H]1CCCN1)c1ccc(F)cc1CO. The molecule has 0 amide bonds. The molecular weight excluding hydrogens is 229 g/mol. The Kier molecular flexibility index (Phi) is 4.72. The van der Waals surface area contributed by atoms with Crippen molar-refractivity contribution >= 4 is 0 Å². The smallest absolute Gasteiger partial charge is 0.123 e. The molecule has 1 aromatic rings. The van der Waals surface area contributed by atoms with Gasteiger partial charge in [-0.2, -0.15) is 0 Å². The summed E-state index contributed by atoms with van der Waals surface area (Å²) in [5, 5.41) is 12.8. The molecule has 0 bridgehead atoms. The van der Waals surface area contributed by atoms with E-state index in [1.165, 1.54) is 25.0 Å². The van der Waals surface area contributed by atoms with Gasteiger partial charge in [0.25, 0.3) is 0 Å². The molecule has 1 aromatic carbocycles. The van der Waals surface area contributed by atoms with Gasteiger partial charge in [0.2, 0.25) is 0 Å². The van der Waals surface area contributed by atoms with E-state index in [0.717, 1.165) is 30.5 Å². The number of hydrogen-bond donors (Lipinski definition) is 2. The second-order valence-electron chi connectivity index (χ2n) is 5.27. The van der Waals surface area contributed by atoms with Crippen LogP contribution in [0.3, 0.4) is 0 Å². The first kappa shape index (κ1) is 13.5. The molecule has 1 saturated heterocycles. The highest BCUT2D eigenvalue weighted by atomic mass is 19.1. The summed E-state index contributed by atoms with van der Waals surface area (Å²) in [6, 6.07) is 5.39. The van der Waals surface area contributed by atoms with Crippen LogP contribution in [0, 0.1) is 5.82 Å². The third kappa shape index (κ3) is 3.30. The fourth-order valence-electron chi connectivity index (χ4n) is 2.80. The molecule has 18 heavy (non-hydrogen) atoms. The fraction of sp³-hybridized carbons (Fsp3) is 0.600. The molecule has 1 aliphatic rings. The third-order valence-corrected chi connectivity index (χ3v) is 3.92. The number of hydrogen-bond acceptors (Lipinski definition) is 2. The van der Waals surface area contributed by atoms with E-state index in [2.05, 4.69) is 12.2 Å². The Morgan fingerprint density at radius 2 is 2.33 bits per heavy atom. The van der Waals surface area contributed by atoms with Gasteiger partial charge in [-0.25, -0.2) is 4.39 Å². The second kappa shape index (κ2) is 6.30. The van der Waals surface area contributed by atoms with Crippen molar-refractivity contribution < 1.29 is 9.50 Å². The molecule has 0 aliphatic carbocycles. The number of rotatable bonds is 5. The van der Waals surface area contributed by atoms with Crippen LogP contribution in [0.1, 0.15) is 49.7 Å². The Morgan fingerprint density at radius 3 is 3.00 bits per heavy atom. The predicted octanol–water partition coefficient (Wildman–Crippen LogP) is 2.95. The Bertz CT molecular complexity index is 388. The van der Waals surface area contributed by atoms with Gasteiger partial charge >= 0.3 is 0 Å². The Hall–Kier alpha value is -0.930. The van der Waals surface area contributed by atoms with Crippen LogP contribution in [0.2, 0.25) is 0 Å². The first-order chi connectivity index (χ1) is 8.70. The van der Waals surface area contributed by atoms with Crippen LogP contribution in [-0.2, 0) is 6.61 Å². The minimum atomic E-state index is -0.271. The standard InChI is InChI=1S/C15H22FNO/c1-11(4-6-14-3-2-8-17-14)15-7-5-13(16)9-12(15)10-18/h5,7,9,11,14,17-18H,2-4,6,8,10H2,1H3/t11-,14-/m1/s1. The number of halogens is 1. The van der Waals surface area contributed by atoms with E-state index in [1.54, 1.807) is 0 Å². The number of aliphatic hydroxyl groups is 1. The van der Waals surface area contributed by atoms with Gasteiger partial charge in [0.1, 0.15) is 5.82 Å². The van der Waals surface area contributed by atoms with Crippen molar-refractivity contribution in [2.45, 2.75) is 51.2 Å². The molecule has 100 valence electrons. The molecule has 2 N–H and O–H groups in total. The van der Waals surface area contributed by atoms with E-state index in [-0.39, 0.29) is 12.4 Å². The van der Waals surface area contributed by atoms with Crippen molar-refractivity contribution in [1.82, 2.24) is 5.32 Å². The summed E-state index contributed by atoms with van der Waals surface area (Å²) >= 11 is 0. The summed E-state index contributed by atoms with van der Waals surface area (Å²) in [6.45, 7) is 3.21. The maximum Gasteiger partial charge on any atom is 0.123 e. The zero-order valence-corrected chi connectivity index (χ0v) is 11.0. The van der Waals surface area contributed by atoms with E-state index in [4.69, 9.17) is 0 Å². The predicted molar refractivity (Wildman–Crippen MR) is 71.0 cm³/mol. The van der Waals surface area contributed by atoms with Gasteiger partial charge in [0, 0.05) is 6.04 Å². The van der Waals surface area contributed by atoms with E-state index in [9.17, 15) is 9.50 Å². The number of nitrogens with one attached hydrogen (secondary N) is 1. The summed E-state index contributed by atoms with van der Waals surface area (Å²) < 4.78 is 13.1. The Morgan fingerprint density at radius 1 is 1.50 bits per heavy atom. The van der Waals surface area contributed by atoms with Gasteiger partial charge in [-0.1, -0.05) is 13.0 Å². The van der Waals surface area contributed by atoms with Crippen LogP contribution >= 0.6 is 0 Å². The molecule has 0 unspecified atom stereocenters. The van der Waals surface area contributed by atoms with Crippen LogP contribution in [0.5, 0.6) is 0 Å². The molecule has 1 fully saturated rings. The lowest BCUT2D eigenvalue weighted by Crippen LogP contribution is -2.21. The van der Waals surface area contributed by atoms with Crippen molar-refractivity contribution in [3.05, 3.63) is 35.1 Å². The van der Waals surface area contributed by atoms with Gasteiger partial charge in [-0.3, -0.25) is 0 Å². The maximum absolute atomic E-state index is 13.1. The van der Waals surface area contributed by atoms with E-state index in [1.807, 2.05) is 6.07 Å². The van der Waals surface area contributed by atoms with Crippen LogP contribution in [0.4, 0.5) is 4.39 Å². The number of aliphatic hydroxyl groups excluding tert-OH is 1. The minimum absolute atomic E-state index is 0.0842. The van der Waals surface area contributed by atoms with Crippen LogP contribution in [-0.4, -0.2) is 17.7 Å². The summed E-state index contributed by atoms with van der Waals surface area (Å²) in [7, 11) is 0. The van der Waals surface area contributed by atoms with Crippen molar-refractivity contribution in [1.29, 1.82) is 0 Å². The topological polar surface area (TPSA) is 32.3 Å². The molecule has 3 heteroatoms. The quantitative estimate of drug-likeness (QED) is 0.843. The average molecular weight is 251 g/mol. The molecule has 2 rings (SSSR count). The maximum atomic E-state index is 13.1. The van der Waals surface area contributed by atoms with Crippen LogP contribution in [0.25, 0.3) is 0 Å². The lowest BCUT2D eigenvalue weighted by atomic mass is 9.90. The highest BCUT2D eigenvalue weighted by Gasteiger charge is 2.17. The van der Waals surface area contributed by atoms with Crippen molar-refractivity contribution in [2.75, 3.05) is 6.54 Å². The second-order valence-corrected chi connectivity index (χ2v) is 5.27. The normalized spacial score (nSPS) is 21.2. The molecule has 0 aromatic heterocycles. The largest absolute Gasteiger partial charge is 0.392 e. The zero-order chi connectivity index (χ0) is 13.0. The lowest BCUT2D eigenvalue weighted by Gasteiger charge is -2.18. The van der Waals surface area contributed by atoms with Crippen molar-refractivity contribution in [2.24, 2.45) is 0 Å². The average Bonchev–Trinajstić information content (AvgIpc) is 2.88. The lowest BCUT2D eigenvalue weighted by molar-refractivity contribution is 0.279.